The van der Waals surface area contributed by atoms with Crippen molar-refractivity contribution in [2.45, 2.75) is 46.2 Å². The highest BCUT2D eigenvalue weighted by atomic mass is 16.5. The first-order valence-corrected chi connectivity index (χ1v) is 11.2. The molecule has 1 aromatic carbocycles. The van der Waals surface area contributed by atoms with Crippen molar-refractivity contribution in [2.75, 3.05) is 38.3 Å². The SMILES string of the molecule is CCOc1ccc(C(C)NC(=NC)NCc2ccnc(N3CCCC3)c2)cc1OCC. The third-order valence-corrected chi connectivity index (χ3v) is 5.34. The van der Waals surface area contributed by atoms with Crippen molar-refractivity contribution in [3.63, 3.8) is 0 Å². The largest absolute Gasteiger partial charge is 0.490 e. The van der Waals surface area contributed by atoms with Gasteiger partial charge in [0.15, 0.2) is 17.5 Å². The monoisotopic (exact) mass is 425 g/mol. The Bertz CT molecular complexity index is 865. The molecule has 31 heavy (non-hydrogen) atoms. The lowest BCUT2D eigenvalue weighted by Crippen LogP contribution is -2.38. The van der Waals surface area contributed by atoms with Gasteiger partial charge < -0.3 is 25.0 Å². The fourth-order valence-electron chi connectivity index (χ4n) is 3.70. The minimum atomic E-state index is 0.0543. The molecule has 1 unspecified atom stereocenters. The number of anilines is 1. The van der Waals surface area contributed by atoms with E-state index in [1.54, 1.807) is 7.05 Å². The molecule has 168 valence electrons. The normalized spacial score (nSPS) is 15.0. The Hall–Kier alpha value is -2.96. The Kier molecular flexibility index (Phi) is 8.38. The lowest BCUT2D eigenvalue weighted by molar-refractivity contribution is 0.287. The fraction of sp³-hybridized carbons (Fsp3) is 0.500. The molecule has 2 aromatic rings. The van der Waals surface area contributed by atoms with E-state index in [-0.39, 0.29) is 6.04 Å². The van der Waals surface area contributed by atoms with E-state index in [2.05, 4.69) is 44.6 Å². The predicted molar refractivity (Wildman–Crippen MR) is 126 cm³/mol. The van der Waals surface area contributed by atoms with Gasteiger partial charge in [-0.1, -0.05) is 6.07 Å². The van der Waals surface area contributed by atoms with Crippen LogP contribution in [0.2, 0.25) is 0 Å². The van der Waals surface area contributed by atoms with Gasteiger partial charge in [-0.3, -0.25) is 4.99 Å². The van der Waals surface area contributed by atoms with Crippen molar-refractivity contribution in [3.8, 4) is 11.5 Å². The summed E-state index contributed by atoms with van der Waals surface area (Å²) in [6.45, 7) is 10.1. The van der Waals surface area contributed by atoms with Gasteiger partial charge >= 0.3 is 0 Å². The summed E-state index contributed by atoms with van der Waals surface area (Å²) in [7, 11) is 1.79. The zero-order chi connectivity index (χ0) is 22.1. The van der Waals surface area contributed by atoms with Gasteiger partial charge in [0.05, 0.1) is 19.3 Å². The molecule has 1 fully saturated rings. The first-order chi connectivity index (χ1) is 15.1. The molecule has 0 spiro atoms. The van der Waals surface area contributed by atoms with Crippen molar-refractivity contribution >= 4 is 11.8 Å². The van der Waals surface area contributed by atoms with Gasteiger partial charge in [0.2, 0.25) is 0 Å². The molecule has 7 heteroatoms. The Morgan fingerprint density at radius 1 is 1.10 bits per heavy atom. The minimum absolute atomic E-state index is 0.0543. The number of guanidine groups is 1. The van der Waals surface area contributed by atoms with Gasteiger partial charge in [-0.25, -0.2) is 4.98 Å². The molecule has 2 N–H and O–H groups in total. The standard InChI is InChI=1S/C24H35N5O2/c1-5-30-21-10-9-20(16-22(21)31-6-2)18(3)28-24(25-4)27-17-19-11-12-26-23(15-19)29-13-7-8-14-29/h9-12,15-16,18H,5-8,13-14,17H2,1-4H3,(H2,25,27,28). The number of hydrogen-bond donors (Lipinski definition) is 2. The molecule has 0 saturated carbocycles. The smallest absolute Gasteiger partial charge is 0.191 e. The highest BCUT2D eigenvalue weighted by Crippen LogP contribution is 2.30. The lowest BCUT2D eigenvalue weighted by Gasteiger charge is -2.20. The second kappa shape index (κ2) is 11.4. The van der Waals surface area contributed by atoms with Crippen LogP contribution in [-0.2, 0) is 6.54 Å². The van der Waals surface area contributed by atoms with Crippen molar-refractivity contribution in [1.82, 2.24) is 15.6 Å². The number of rotatable bonds is 9. The van der Waals surface area contributed by atoms with E-state index in [4.69, 9.17) is 9.47 Å². The van der Waals surface area contributed by atoms with Crippen LogP contribution in [0, 0.1) is 0 Å². The lowest BCUT2D eigenvalue weighted by atomic mass is 10.1. The second-order valence-corrected chi connectivity index (χ2v) is 7.58. The summed E-state index contributed by atoms with van der Waals surface area (Å²) in [5.41, 5.74) is 2.29. The zero-order valence-electron chi connectivity index (χ0n) is 19.1. The van der Waals surface area contributed by atoms with E-state index in [1.807, 2.05) is 38.2 Å². The average Bonchev–Trinajstić information content (AvgIpc) is 3.33. The molecule has 1 aromatic heterocycles. The van der Waals surface area contributed by atoms with Crippen LogP contribution in [0.3, 0.4) is 0 Å². The van der Waals surface area contributed by atoms with Crippen LogP contribution in [0.5, 0.6) is 11.5 Å². The summed E-state index contributed by atoms with van der Waals surface area (Å²) in [6.07, 6.45) is 4.38. The van der Waals surface area contributed by atoms with E-state index in [9.17, 15) is 0 Å². The van der Waals surface area contributed by atoms with Gasteiger partial charge in [0, 0.05) is 32.9 Å². The molecule has 0 amide bonds. The molecule has 1 saturated heterocycles. The average molecular weight is 426 g/mol. The van der Waals surface area contributed by atoms with Crippen LogP contribution in [0.25, 0.3) is 0 Å². The molecule has 0 bridgehead atoms. The molecule has 1 atom stereocenters. The summed E-state index contributed by atoms with van der Waals surface area (Å²) in [5, 5.41) is 6.87. The van der Waals surface area contributed by atoms with Crippen LogP contribution < -0.4 is 25.0 Å². The summed E-state index contributed by atoms with van der Waals surface area (Å²) < 4.78 is 11.4. The third-order valence-electron chi connectivity index (χ3n) is 5.34. The number of benzene rings is 1. The highest BCUT2D eigenvalue weighted by molar-refractivity contribution is 5.80. The quantitative estimate of drug-likeness (QED) is 0.469. The van der Waals surface area contributed by atoms with E-state index in [1.165, 1.54) is 18.4 Å². The van der Waals surface area contributed by atoms with E-state index < -0.39 is 0 Å². The Balaban J connectivity index is 1.61. The number of nitrogens with one attached hydrogen (secondary N) is 2. The molecular weight excluding hydrogens is 390 g/mol. The number of ether oxygens (including phenoxy) is 2. The van der Waals surface area contributed by atoms with E-state index >= 15 is 0 Å². The van der Waals surface area contributed by atoms with Crippen LogP contribution >= 0.6 is 0 Å². The fourth-order valence-corrected chi connectivity index (χ4v) is 3.70. The third kappa shape index (κ3) is 6.26. The van der Waals surface area contributed by atoms with Gasteiger partial charge in [0.1, 0.15) is 5.82 Å². The molecule has 0 radical (unpaired) electrons. The van der Waals surface area contributed by atoms with Crippen molar-refractivity contribution in [2.24, 2.45) is 4.99 Å². The van der Waals surface area contributed by atoms with Crippen LogP contribution in [0.4, 0.5) is 5.82 Å². The Morgan fingerprint density at radius 3 is 2.55 bits per heavy atom. The Morgan fingerprint density at radius 2 is 1.84 bits per heavy atom. The number of hydrogen-bond acceptors (Lipinski definition) is 5. The van der Waals surface area contributed by atoms with Gasteiger partial charge in [-0.15, -0.1) is 0 Å². The van der Waals surface area contributed by atoms with Gasteiger partial charge in [-0.2, -0.15) is 0 Å². The summed E-state index contributed by atoms with van der Waals surface area (Å²) in [6, 6.07) is 10.3. The summed E-state index contributed by atoms with van der Waals surface area (Å²) in [5.74, 6) is 3.35. The number of aliphatic imine (C=N–C) groups is 1. The van der Waals surface area contributed by atoms with Gasteiger partial charge in [-0.05, 0) is 69.0 Å². The van der Waals surface area contributed by atoms with Crippen LogP contribution in [-0.4, -0.2) is 44.3 Å². The van der Waals surface area contributed by atoms with Crippen molar-refractivity contribution in [3.05, 3.63) is 47.7 Å². The summed E-state index contributed by atoms with van der Waals surface area (Å²) >= 11 is 0. The highest BCUT2D eigenvalue weighted by Gasteiger charge is 2.15. The second-order valence-electron chi connectivity index (χ2n) is 7.58. The predicted octanol–water partition coefficient (Wildman–Crippen LogP) is 3.91. The molecule has 2 heterocycles. The first kappa shape index (κ1) is 22.7. The molecule has 7 nitrogen and oxygen atoms in total. The number of aromatic nitrogens is 1. The van der Waals surface area contributed by atoms with Crippen LogP contribution in [0.15, 0.2) is 41.5 Å². The topological polar surface area (TPSA) is 71.0 Å². The molecule has 0 aliphatic carbocycles. The number of nitrogens with zero attached hydrogens (tertiary/aromatic N) is 3. The van der Waals surface area contributed by atoms with Gasteiger partial charge in [0.25, 0.3) is 0 Å². The number of pyridine rings is 1. The Labute approximate surface area is 185 Å². The molecule has 3 rings (SSSR count). The first-order valence-electron chi connectivity index (χ1n) is 11.2. The van der Waals surface area contributed by atoms with E-state index in [0.29, 0.717) is 19.8 Å². The molecular formula is C24H35N5O2. The maximum atomic E-state index is 5.76. The summed E-state index contributed by atoms with van der Waals surface area (Å²) in [4.78, 5) is 11.3. The minimum Gasteiger partial charge on any atom is -0.490 e. The van der Waals surface area contributed by atoms with E-state index in [0.717, 1.165) is 41.9 Å². The molecule has 1 aliphatic rings. The van der Waals surface area contributed by atoms with Crippen LogP contribution in [0.1, 0.15) is 50.8 Å². The zero-order valence-corrected chi connectivity index (χ0v) is 19.1. The molecule has 1 aliphatic heterocycles. The van der Waals surface area contributed by atoms with Crippen molar-refractivity contribution in [1.29, 1.82) is 0 Å². The maximum Gasteiger partial charge on any atom is 0.191 e. The maximum absolute atomic E-state index is 5.76. The van der Waals surface area contributed by atoms with Crippen molar-refractivity contribution < 1.29 is 9.47 Å².